The quantitative estimate of drug-likeness (QED) is 0.854. The van der Waals surface area contributed by atoms with Crippen molar-refractivity contribution in [2.24, 2.45) is 5.92 Å². The van der Waals surface area contributed by atoms with E-state index in [0.717, 1.165) is 24.1 Å². The molecule has 0 radical (unpaired) electrons. The van der Waals surface area contributed by atoms with Gasteiger partial charge in [0.1, 0.15) is 0 Å². The molecule has 3 rings (SSSR count). The van der Waals surface area contributed by atoms with Crippen LogP contribution in [0.15, 0.2) is 18.2 Å². The van der Waals surface area contributed by atoms with E-state index in [1.54, 1.807) is 0 Å². The first-order chi connectivity index (χ1) is 8.63. The molecule has 1 aliphatic rings. The normalized spacial score (nSPS) is 15.0. The van der Waals surface area contributed by atoms with Crippen molar-refractivity contribution in [2.45, 2.75) is 33.2 Å². The summed E-state index contributed by atoms with van der Waals surface area (Å²) in [6.45, 7) is 4.84. The molecule has 1 heterocycles. The van der Waals surface area contributed by atoms with Crippen molar-refractivity contribution < 1.29 is 4.79 Å². The number of benzene rings is 1. The second-order valence-electron chi connectivity index (χ2n) is 5.31. The molecule has 2 N–H and O–H groups in total. The van der Waals surface area contributed by atoms with Crippen molar-refractivity contribution in [2.75, 3.05) is 0 Å². The Labute approximate surface area is 107 Å². The first-order valence-electron chi connectivity index (χ1n) is 6.50. The summed E-state index contributed by atoms with van der Waals surface area (Å²) in [5, 5.41) is 4.20. The van der Waals surface area contributed by atoms with Crippen LogP contribution < -0.4 is 5.32 Å². The van der Waals surface area contributed by atoms with Crippen molar-refractivity contribution in [1.29, 1.82) is 0 Å². The molecule has 0 saturated heterocycles. The van der Waals surface area contributed by atoms with E-state index in [0.29, 0.717) is 6.54 Å². The Kier molecular flexibility index (Phi) is 2.62. The van der Waals surface area contributed by atoms with Gasteiger partial charge in [0.2, 0.25) is 5.91 Å². The average molecular weight is 242 g/mol. The summed E-state index contributed by atoms with van der Waals surface area (Å²) in [6, 6.07) is 6.47. The second kappa shape index (κ2) is 4.16. The van der Waals surface area contributed by atoms with Crippen molar-refractivity contribution in [3.05, 3.63) is 35.0 Å². The molecule has 0 bridgehead atoms. The van der Waals surface area contributed by atoms with Gasteiger partial charge in [-0.1, -0.05) is 0 Å². The highest BCUT2D eigenvalue weighted by molar-refractivity contribution is 5.83. The summed E-state index contributed by atoms with van der Waals surface area (Å²) < 4.78 is 0. The highest BCUT2D eigenvalue weighted by atomic mass is 16.2. The number of hydrogen-bond acceptors (Lipinski definition) is 1. The second-order valence-corrected chi connectivity index (χ2v) is 5.31. The number of nitrogens with one attached hydrogen (secondary N) is 2. The lowest BCUT2D eigenvalue weighted by molar-refractivity contribution is -0.122. The number of fused-ring (bicyclic) bond motifs is 1. The molecule has 1 amide bonds. The Balaban J connectivity index is 1.78. The molecule has 0 unspecified atom stereocenters. The predicted molar refractivity (Wildman–Crippen MR) is 72.3 cm³/mol. The highest BCUT2D eigenvalue weighted by Crippen LogP contribution is 2.28. The van der Waals surface area contributed by atoms with E-state index < -0.39 is 0 Å². The van der Waals surface area contributed by atoms with Crippen molar-refractivity contribution >= 4 is 16.8 Å². The van der Waals surface area contributed by atoms with Crippen LogP contribution >= 0.6 is 0 Å². The molecular formula is C15H18N2O. The van der Waals surface area contributed by atoms with Gasteiger partial charge in [-0.15, -0.1) is 0 Å². The van der Waals surface area contributed by atoms with Crippen LogP contribution in [0, 0.1) is 19.8 Å². The Morgan fingerprint density at radius 3 is 2.72 bits per heavy atom. The van der Waals surface area contributed by atoms with E-state index in [9.17, 15) is 4.79 Å². The fourth-order valence-corrected chi connectivity index (χ4v) is 2.23. The number of carbonyl (C=O) groups excluding carboxylic acids is 1. The zero-order valence-electron chi connectivity index (χ0n) is 10.8. The largest absolute Gasteiger partial charge is 0.357 e. The molecule has 1 aromatic carbocycles. The monoisotopic (exact) mass is 242 g/mol. The lowest BCUT2D eigenvalue weighted by atomic mass is 10.1. The smallest absolute Gasteiger partial charge is 0.223 e. The topological polar surface area (TPSA) is 44.9 Å². The number of aryl methyl sites for hydroxylation is 2. The van der Waals surface area contributed by atoms with Crippen LogP contribution in [-0.4, -0.2) is 10.9 Å². The molecular weight excluding hydrogens is 224 g/mol. The van der Waals surface area contributed by atoms with Gasteiger partial charge in [0, 0.05) is 17.1 Å². The number of hydrogen-bond donors (Lipinski definition) is 2. The van der Waals surface area contributed by atoms with Crippen LogP contribution in [0.4, 0.5) is 0 Å². The molecule has 1 fully saturated rings. The number of rotatable bonds is 3. The van der Waals surface area contributed by atoms with Gasteiger partial charge in [-0.2, -0.15) is 0 Å². The molecule has 1 aromatic heterocycles. The SMILES string of the molecule is Cc1cc2cc(CNC(=O)C3CC3)[nH]c2cc1C. The summed E-state index contributed by atoms with van der Waals surface area (Å²) in [6.07, 6.45) is 2.11. The van der Waals surface area contributed by atoms with E-state index in [1.807, 2.05) is 0 Å². The predicted octanol–water partition coefficient (Wildman–Crippen LogP) is 2.81. The van der Waals surface area contributed by atoms with E-state index in [-0.39, 0.29) is 11.8 Å². The first-order valence-corrected chi connectivity index (χ1v) is 6.50. The Morgan fingerprint density at radius 2 is 2.00 bits per heavy atom. The van der Waals surface area contributed by atoms with Crippen LogP contribution in [0.5, 0.6) is 0 Å². The molecule has 0 aliphatic heterocycles. The Morgan fingerprint density at radius 1 is 1.28 bits per heavy atom. The van der Waals surface area contributed by atoms with Crippen molar-refractivity contribution in [3.63, 3.8) is 0 Å². The molecule has 18 heavy (non-hydrogen) atoms. The third-order valence-corrected chi connectivity index (χ3v) is 3.69. The third-order valence-electron chi connectivity index (χ3n) is 3.69. The van der Waals surface area contributed by atoms with Crippen molar-refractivity contribution in [3.8, 4) is 0 Å². The maximum absolute atomic E-state index is 11.6. The zero-order valence-corrected chi connectivity index (χ0v) is 10.8. The number of aromatic amines is 1. The first kappa shape index (κ1) is 11.3. The fraction of sp³-hybridized carbons (Fsp3) is 0.400. The summed E-state index contributed by atoms with van der Waals surface area (Å²) in [4.78, 5) is 14.9. The van der Waals surface area contributed by atoms with Gasteiger partial charge in [0.15, 0.2) is 0 Å². The van der Waals surface area contributed by atoms with Crippen LogP contribution in [-0.2, 0) is 11.3 Å². The van der Waals surface area contributed by atoms with E-state index >= 15 is 0 Å². The fourth-order valence-electron chi connectivity index (χ4n) is 2.23. The molecule has 3 nitrogen and oxygen atoms in total. The van der Waals surface area contributed by atoms with Crippen LogP contribution in [0.2, 0.25) is 0 Å². The molecule has 94 valence electrons. The minimum atomic E-state index is 0.195. The summed E-state index contributed by atoms with van der Waals surface area (Å²) >= 11 is 0. The van der Waals surface area contributed by atoms with Gasteiger partial charge in [0.25, 0.3) is 0 Å². The molecule has 2 aromatic rings. The Hall–Kier alpha value is -1.77. The Bertz CT molecular complexity index is 569. The van der Waals surface area contributed by atoms with Crippen molar-refractivity contribution in [1.82, 2.24) is 10.3 Å². The maximum atomic E-state index is 11.6. The molecule has 3 heteroatoms. The van der Waals surface area contributed by atoms with Gasteiger partial charge < -0.3 is 10.3 Å². The van der Waals surface area contributed by atoms with Gasteiger partial charge in [-0.25, -0.2) is 0 Å². The number of H-pyrrole nitrogens is 1. The average Bonchev–Trinajstić information content (AvgIpc) is 3.10. The van der Waals surface area contributed by atoms with Gasteiger partial charge >= 0.3 is 0 Å². The summed E-state index contributed by atoms with van der Waals surface area (Å²) in [7, 11) is 0. The zero-order chi connectivity index (χ0) is 12.7. The number of carbonyl (C=O) groups is 1. The summed E-state index contributed by atoms with van der Waals surface area (Å²) in [5.41, 5.74) is 4.81. The standard InChI is InChI=1S/C15H18N2O/c1-9-5-12-7-13(17-14(12)6-10(9)2)8-16-15(18)11-3-4-11/h5-7,11,17H,3-4,8H2,1-2H3,(H,16,18). The van der Waals surface area contributed by atoms with Crippen LogP contribution in [0.3, 0.4) is 0 Å². The van der Waals surface area contributed by atoms with Gasteiger partial charge in [-0.3, -0.25) is 4.79 Å². The minimum absolute atomic E-state index is 0.195. The van der Waals surface area contributed by atoms with Gasteiger partial charge in [0.05, 0.1) is 6.54 Å². The molecule has 0 spiro atoms. The highest BCUT2D eigenvalue weighted by Gasteiger charge is 2.29. The van der Waals surface area contributed by atoms with Gasteiger partial charge in [-0.05, 0) is 61.4 Å². The number of amides is 1. The van der Waals surface area contributed by atoms with Crippen LogP contribution in [0.25, 0.3) is 10.9 Å². The van der Waals surface area contributed by atoms with E-state index in [4.69, 9.17) is 0 Å². The van der Waals surface area contributed by atoms with E-state index in [2.05, 4.69) is 42.3 Å². The van der Waals surface area contributed by atoms with E-state index in [1.165, 1.54) is 16.5 Å². The van der Waals surface area contributed by atoms with Crippen LogP contribution in [0.1, 0.15) is 29.7 Å². The lowest BCUT2D eigenvalue weighted by Crippen LogP contribution is -2.24. The summed E-state index contributed by atoms with van der Waals surface area (Å²) in [5.74, 6) is 0.472. The molecule has 0 atom stereocenters. The lowest BCUT2D eigenvalue weighted by Gasteiger charge is -2.01. The maximum Gasteiger partial charge on any atom is 0.223 e. The minimum Gasteiger partial charge on any atom is -0.357 e. The molecule has 1 saturated carbocycles. The third kappa shape index (κ3) is 2.13. The number of aromatic nitrogens is 1. The molecule has 1 aliphatic carbocycles.